The maximum atomic E-state index is 13.3. The molecule has 9 heteroatoms. The number of anilines is 2. The first kappa shape index (κ1) is 20.1. The van der Waals surface area contributed by atoms with Crippen molar-refractivity contribution in [2.75, 3.05) is 15.9 Å². The number of hydrogen-bond donors (Lipinski definition) is 1. The minimum atomic E-state index is -3.83. The fourth-order valence-corrected chi connectivity index (χ4v) is 3.81. The Balaban J connectivity index is 2.37. The van der Waals surface area contributed by atoms with Gasteiger partial charge in [0.15, 0.2) is 11.6 Å². The van der Waals surface area contributed by atoms with Crippen molar-refractivity contribution in [3.8, 4) is 0 Å². The zero-order valence-corrected chi connectivity index (χ0v) is 15.8. The minimum absolute atomic E-state index is 0.0111. The van der Waals surface area contributed by atoms with Crippen LogP contribution in [-0.2, 0) is 14.8 Å². The topological polar surface area (TPSA) is 66.5 Å². The fourth-order valence-electron chi connectivity index (χ4n) is 2.42. The number of nitrogens with zero attached hydrogens (tertiary/aromatic N) is 1. The van der Waals surface area contributed by atoms with Gasteiger partial charge in [-0.3, -0.25) is 9.10 Å². The Labute approximate surface area is 155 Å². The van der Waals surface area contributed by atoms with E-state index in [-0.39, 0.29) is 11.4 Å². The van der Waals surface area contributed by atoms with E-state index >= 15 is 0 Å². The van der Waals surface area contributed by atoms with Gasteiger partial charge >= 0.3 is 0 Å². The van der Waals surface area contributed by atoms with Crippen molar-refractivity contribution in [2.24, 2.45) is 0 Å². The molecule has 0 bridgehead atoms. The lowest BCUT2D eigenvalue weighted by atomic mass is 10.1. The van der Waals surface area contributed by atoms with Crippen LogP contribution in [0, 0.1) is 18.6 Å². The van der Waals surface area contributed by atoms with Crippen LogP contribution in [0.5, 0.6) is 0 Å². The molecule has 26 heavy (non-hydrogen) atoms. The van der Waals surface area contributed by atoms with Crippen molar-refractivity contribution >= 4 is 38.9 Å². The van der Waals surface area contributed by atoms with E-state index in [1.165, 1.54) is 19.1 Å². The van der Waals surface area contributed by atoms with Crippen LogP contribution in [0.15, 0.2) is 36.4 Å². The maximum absolute atomic E-state index is 13.3. The van der Waals surface area contributed by atoms with Crippen LogP contribution in [0.4, 0.5) is 20.2 Å². The first-order chi connectivity index (χ1) is 12.0. The summed E-state index contributed by atoms with van der Waals surface area (Å²) < 4.78 is 51.8. The van der Waals surface area contributed by atoms with Crippen molar-refractivity contribution in [1.29, 1.82) is 0 Å². The number of sulfonamides is 1. The molecular weight excluding hydrogens is 386 g/mol. The molecule has 1 atom stereocenters. The Morgan fingerprint density at radius 1 is 1.15 bits per heavy atom. The van der Waals surface area contributed by atoms with Gasteiger partial charge in [-0.1, -0.05) is 17.7 Å². The quantitative estimate of drug-likeness (QED) is 0.828. The predicted octanol–water partition coefficient (Wildman–Crippen LogP) is 3.72. The second-order valence-electron chi connectivity index (χ2n) is 5.78. The summed E-state index contributed by atoms with van der Waals surface area (Å²) >= 11 is 5.96. The highest BCUT2D eigenvalue weighted by molar-refractivity contribution is 7.92. The number of halogens is 3. The molecule has 0 saturated carbocycles. The van der Waals surface area contributed by atoms with E-state index in [2.05, 4.69) is 5.32 Å². The van der Waals surface area contributed by atoms with Gasteiger partial charge in [0.25, 0.3) is 0 Å². The van der Waals surface area contributed by atoms with Gasteiger partial charge in [0, 0.05) is 16.8 Å². The molecule has 0 aromatic heterocycles. The van der Waals surface area contributed by atoms with Crippen LogP contribution in [0.1, 0.15) is 12.5 Å². The number of amides is 1. The number of benzene rings is 2. The minimum Gasteiger partial charge on any atom is -0.324 e. The normalized spacial score (nSPS) is 12.5. The highest BCUT2D eigenvalue weighted by atomic mass is 35.5. The van der Waals surface area contributed by atoms with Crippen molar-refractivity contribution in [1.82, 2.24) is 0 Å². The Kier molecular flexibility index (Phi) is 5.87. The molecule has 0 unspecified atom stereocenters. The van der Waals surface area contributed by atoms with Crippen molar-refractivity contribution in [3.05, 3.63) is 58.6 Å². The van der Waals surface area contributed by atoms with E-state index in [0.717, 1.165) is 22.7 Å². The molecule has 140 valence electrons. The van der Waals surface area contributed by atoms with Crippen molar-refractivity contribution < 1.29 is 22.0 Å². The first-order valence-electron chi connectivity index (χ1n) is 7.52. The summed E-state index contributed by atoms with van der Waals surface area (Å²) in [5.41, 5.74) is 0.872. The zero-order chi connectivity index (χ0) is 19.6. The van der Waals surface area contributed by atoms with Gasteiger partial charge in [-0.05, 0) is 43.7 Å². The Morgan fingerprint density at radius 2 is 1.81 bits per heavy atom. The highest BCUT2D eigenvalue weighted by Gasteiger charge is 2.30. The molecule has 2 aromatic rings. The van der Waals surface area contributed by atoms with Crippen molar-refractivity contribution in [2.45, 2.75) is 19.9 Å². The van der Waals surface area contributed by atoms with Gasteiger partial charge in [-0.2, -0.15) is 0 Å². The molecule has 1 N–H and O–H groups in total. The number of nitrogens with one attached hydrogen (secondary N) is 1. The molecule has 0 spiro atoms. The monoisotopic (exact) mass is 402 g/mol. The molecule has 0 aliphatic carbocycles. The van der Waals surface area contributed by atoms with Crippen LogP contribution in [0.3, 0.4) is 0 Å². The average Bonchev–Trinajstić information content (AvgIpc) is 2.53. The van der Waals surface area contributed by atoms with E-state index < -0.39 is 33.6 Å². The molecule has 2 aromatic carbocycles. The van der Waals surface area contributed by atoms with E-state index in [1.54, 1.807) is 19.1 Å². The number of rotatable bonds is 5. The van der Waals surface area contributed by atoms with E-state index in [4.69, 9.17) is 11.6 Å². The predicted molar refractivity (Wildman–Crippen MR) is 98.0 cm³/mol. The summed E-state index contributed by atoms with van der Waals surface area (Å²) in [4.78, 5) is 12.5. The molecule has 0 radical (unpaired) electrons. The van der Waals surface area contributed by atoms with Gasteiger partial charge in [-0.15, -0.1) is 0 Å². The van der Waals surface area contributed by atoms with Gasteiger partial charge in [-0.25, -0.2) is 17.2 Å². The fraction of sp³-hybridized carbons (Fsp3) is 0.235. The number of aryl methyl sites for hydroxylation is 1. The molecule has 0 fully saturated rings. The zero-order valence-electron chi connectivity index (χ0n) is 14.3. The second kappa shape index (κ2) is 7.59. The third-order valence-corrected chi connectivity index (χ3v) is 5.15. The molecule has 2 rings (SSSR count). The van der Waals surface area contributed by atoms with Gasteiger partial charge in [0.2, 0.25) is 15.9 Å². The summed E-state index contributed by atoms with van der Waals surface area (Å²) in [6.07, 6.45) is 0.967. The Bertz CT molecular complexity index is 951. The third-order valence-electron chi connectivity index (χ3n) is 3.68. The van der Waals surface area contributed by atoms with Crippen LogP contribution < -0.4 is 9.62 Å². The SMILES string of the molecule is Cc1ccc(Cl)cc1N([C@@H](C)C(=O)Nc1ccc(F)c(F)c1)S(C)(=O)=O. The lowest BCUT2D eigenvalue weighted by molar-refractivity contribution is -0.116. The maximum Gasteiger partial charge on any atom is 0.247 e. The molecular formula is C17H17ClF2N2O3S. The van der Waals surface area contributed by atoms with Crippen LogP contribution in [0.25, 0.3) is 0 Å². The Morgan fingerprint density at radius 3 is 2.38 bits per heavy atom. The summed E-state index contributed by atoms with van der Waals surface area (Å²) in [5, 5.41) is 2.69. The summed E-state index contributed by atoms with van der Waals surface area (Å²) in [5.74, 6) is -2.88. The van der Waals surface area contributed by atoms with Crippen LogP contribution >= 0.6 is 11.6 Å². The number of carbonyl (C=O) groups is 1. The van der Waals surface area contributed by atoms with E-state index in [0.29, 0.717) is 10.6 Å². The molecule has 1 amide bonds. The summed E-state index contributed by atoms with van der Waals surface area (Å²) in [6.45, 7) is 3.07. The number of carbonyl (C=O) groups excluding carboxylic acids is 1. The van der Waals surface area contributed by atoms with Crippen molar-refractivity contribution in [3.63, 3.8) is 0 Å². The van der Waals surface area contributed by atoms with Crippen LogP contribution in [-0.4, -0.2) is 26.6 Å². The lowest BCUT2D eigenvalue weighted by Gasteiger charge is -2.29. The molecule has 5 nitrogen and oxygen atoms in total. The average molecular weight is 403 g/mol. The van der Waals surface area contributed by atoms with Crippen LogP contribution in [0.2, 0.25) is 5.02 Å². The Hall–Kier alpha value is -2.19. The van der Waals surface area contributed by atoms with E-state index in [1.807, 2.05) is 0 Å². The highest BCUT2D eigenvalue weighted by Crippen LogP contribution is 2.28. The first-order valence-corrected chi connectivity index (χ1v) is 9.75. The standard InChI is InChI=1S/C17H17ClF2N2O3S/c1-10-4-5-12(18)8-16(10)22(26(3,24)25)11(2)17(23)21-13-6-7-14(19)15(20)9-13/h4-9,11H,1-3H3,(H,21,23)/t11-/m0/s1. The second-order valence-corrected chi connectivity index (χ2v) is 8.08. The molecule has 0 aliphatic heterocycles. The summed E-state index contributed by atoms with van der Waals surface area (Å²) in [6, 6.07) is 6.39. The molecule has 0 saturated heterocycles. The molecule has 0 aliphatic rings. The van der Waals surface area contributed by atoms with E-state index in [9.17, 15) is 22.0 Å². The number of hydrogen-bond acceptors (Lipinski definition) is 3. The van der Waals surface area contributed by atoms with Gasteiger partial charge < -0.3 is 5.32 Å². The third kappa shape index (κ3) is 4.50. The smallest absolute Gasteiger partial charge is 0.247 e. The van der Waals surface area contributed by atoms with Gasteiger partial charge in [0.1, 0.15) is 6.04 Å². The largest absolute Gasteiger partial charge is 0.324 e. The summed E-state index contributed by atoms with van der Waals surface area (Å²) in [7, 11) is -3.83. The van der Waals surface area contributed by atoms with Gasteiger partial charge in [0.05, 0.1) is 11.9 Å². The lowest BCUT2D eigenvalue weighted by Crippen LogP contribution is -2.45. The molecule has 0 heterocycles.